The van der Waals surface area contributed by atoms with Crippen LogP contribution in [0.1, 0.15) is 0 Å². The van der Waals surface area contributed by atoms with E-state index in [2.05, 4.69) is 0 Å². The predicted octanol–water partition coefficient (Wildman–Crippen LogP) is 5.95. The van der Waals surface area contributed by atoms with Gasteiger partial charge in [0.1, 0.15) is 5.41 Å². The first-order chi connectivity index (χ1) is 11.0. The Morgan fingerprint density at radius 2 is 1.35 bits per heavy atom. The summed E-state index contributed by atoms with van der Waals surface area (Å²) in [4.78, 5) is 1.73. The Hall–Kier alpha value is -2.20. The molecule has 3 aromatic carbocycles. The van der Waals surface area contributed by atoms with Crippen LogP contribution in [0.2, 0.25) is 0 Å². The molecule has 0 saturated carbocycles. The normalized spacial score (nSPS) is 13.5. The number of rotatable bonds is 3. The van der Waals surface area contributed by atoms with Gasteiger partial charge in [-0.05, 0) is 35.0 Å². The van der Waals surface area contributed by atoms with Crippen molar-refractivity contribution in [1.29, 1.82) is 0 Å². The van der Waals surface area contributed by atoms with E-state index < -0.39 is 17.1 Å². The minimum absolute atomic E-state index is 0.332. The van der Waals surface area contributed by atoms with Crippen LogP contribution in [-0.2, 0) is 10.9 Å². The van der Waals surface area contributed by atoms with Gasteiger partial charge in [-0.3, -0.25) is 0 Å². The smallest absolute Gasteiger partial charge is 0.167 e. The lowest BCUT2D eigenvalue weighted by atomic mass is 10.1. The molecule has 0 N–H and O–H groups in total. The summed E-state index contributed by atoms with van der Waals surface area (Å²) in [5.74, 6) is 0. The van der Waals surface area contributed by atoms with Crippen LogP contribution in [0.25, 0.3) is 10.8 Å². The molecule has 0 fully saturated rings. The number of hydrogen-bond acceptors (Lipinski definition) is 0. The zero-order valence-electron chi connectivity index (χ0n) is 12.1. The van der Waals surface area contributed by atoms with E-state index in [1.807, 2.05) is 72.8 Å². The highest BCUT2D eigenvalue weighted by atomic mass is 32.2. The SMILES string of the molecule is FC(F)(F)/C=C/[S+](c1ccccc1)c1ccc2ccccc2c1. The molecule has 23 heavy (non-hydrogen) atoms. The largest absolute Gasteiger partial charge is 0.413 e. The number of hydrogen-bond donors (Lipinski definition) is 0. The van der Waals surface area contributed by atoms with Crippen molar-refractivity contribution in [2.24, 2.45) is 0 Å². The average molecular weight is 331 g/mol. The lowest BCUT2D eigenvalue weighted by molar-refractivity contribution is -0.0796. The number of halogens is 3. The number of fused-ring (bicyclic) bond motifs is 1. The molecule has 0 aliphatic heterocycles. The van der Waals surface area contributed by atoms with Crippen molar-refractivity contribution in [3.8, 4) is 0 Å². The van der Waals surface area contributed by atoms with Crippen molar-refractivity contribution < 1.29 is 13.2 Å². The van der Waals surface area contributed by atoms with Crippen molar-refractivity contribution in [2.75, 3.05) is 0 Å². The van der Waals surface area contributed by atoms with Gasteiger partial charge in [0.2, 0.25) is 0 Å². The fourth-order valence-corrected chi connectivity index (χ4v) is 4.11. The molecule has 0 aliphatic carbocycles. The van der Waals surface area contributed by atoms with E-state index in [1.165, 1.54) is 5.41 Å². The molecule has 1 atom stereocenters. The first kappa shape index (κ1) is 15.7. The van der Waals surface area contributed by atoms with Crippen molar-refractivity contribution in [3.63, 3.8) is 0 Å². The summed E-state index contributed by atoms with van der Waals surface area (Å²) in [6, 6.07) is 22.9. The maximum atomic E-state index is 12.6. The quantitative estimate of drug-likeness (QED) is 0.520. The standard InChI is InChI=1S/C19H14F3S/c20-19(21,22)12-13-23(17-8-2-1-3-9-17)18-11-10-15-6-4-5-7-16(15)14-18/h1-14H/q+1/b13-12+. The molecule has 3 aromatic rings. The third-order valence-corrected chi connectivity index (χ3v) is 5.32. The summed E-state index contributed by atoms with van der Waals surface area (Å²) in [7, 11) is -0.754. The molecule has 3 rings (SSSR count). The van der Waals surface area contributed by atoms with Gasteiger partial charge in [-0.1, -0.05) is 42.5 Å². The Labute approximate surface area is 135 Å². The Morgan fingerprint density at radius 1 is 0.696 bits per heavy atom. The van der Waals surface area contributed by atoms with Crippen LogP contribution in [0.5, 0.6) is 0 Å². The molecule has 0 aliphatic rings. The molecule has 0 heterocycles. The highest BCUT2D eigenvalue weighted by Crippen LogP contribution is 2.29. The van der Waals surface area contributed by atoms with Gasteiger partial charge < -0.3 is 0 Å². The lowest BCUT2D eigenvalue weighted by Gasteiger charge is -2.06. The van der Waals surface area contributed by atoms with Crippen molar-refractivity contribution in [2.45, 2.75) is 16.0 Å². The maximum Gasteiger partial charge on any atom is 0.413 e. The molecule has 4 heteroatoms. The van der Waals surface area contributed by atoms with Crippen molar-refractivity contribution in [3.05, 3.63) is 84.3 Å². The van der Waals surface area contributed by atoms with Gasteiger partial charge >= 0.3 is 6.18 Å². The van der Waals surface area contributed by atoms with Gasteiger partial charge in [0.25, 0.3) is 0 Å². The number of benzene rings is 3. The molecule has 0 amide bonds. The minimum atomic E-state index is -4.31. The third kappa shape index (κ3) is 3.96. The van der Waals surface area contributed by atoms with E-state index in [4.69, 9.17) is 0 Å². The van der Waals surface area contributed by atoms with Crippen LogP contribution in [0.4, 0.5) is 13.2 Å². The minimum Gasteiger partial charge on any atom is -0.167 e. The van der Waals surface area contributed by atoms with Crippen LogP contribution >= 0.6 is 0 Å². The van der Waals surface area contributed by atoms with Crippen LogP contribution in [0.15, 0.2) is 94.1 Å². The topological polar surface area (TPSA) is 0 Å². The Balaban J connectivity index is 2.07. The summed E-state index contributed by atoms with van der Waals surface area (Å²) in [6.45, 7) is 0. The van der Waals surface area contributed by atoms with Crippen LogP contribution in [0, 0.1) is 0 Å². The maximum absolute atomic E-state index is 12.6. The predicted molar refractivity (Wildman–Crippen MR) is 89.5 cm³/mol. The summed E-state index contributed by atoms with van der Waals surface area (Å²) < 4.78 is 37.9. The third-order valence-electron chi connectivity index (χ3n) is 3.37. The first-order valence-electron chi connectivity index (χ1n) is 7.06. The van der Waals surface area contributed by atoms with E-state index in [0.29, 0.717) is 6.08 Å². The lowest BCUT2D eigenvalue weighted by Crippen LogP contribution is -2.05. The second kappa shape index (κ2) is 6.50. The Bertz CT molecular complexity index is 823. The second-order valence-electron chi connectivity index (χ2n) is 5.00. The molecule has 1 unspecified atom stereocenters. The van der Waals surface area contributed by atoms with Gasteiger partial charge in [0.15, 0.2) is 9.79 Å². The van der Waals surface area contributed by atoms with E-state index in [1.54, 1.807) is 0 Å². The molecule has 0 aromatic heterocycles. The molecule has 0 radical (unpaired) electrons. The van der Waals surface area contributed by atoms with Crippen LogP contribution in [0.3, 0.4) is 0 Å². The Kier molecular flexibility index (Phi) is 4.44. The molecule has 116 valence electrons. The zero-order chi connectivity index (χ0) is 16.3. The zero-order valence-corrected chi connectivity index (χ0v) is 12.9. The fraction of sp³-hybridized carbons (Fsp3) is 0.0526. The molecule has 0 nitrogen and oxygen atoms in total. The highest BCUT2D eigenvalue weighted by Gasteiger charge is 2.29. The monoisotopic (exact) mass is 331 g/mol. The fourth-order valence-electron chi connectivity index (χ4n) is 2.31. The summed E-state index contributed by atoms with van der Waals surface area (Å²) in [6.07, 6.45) is -3.98. The van der Waals surface area contributed by atoms with Gasteiger partial charge in [-0.15, -0.1) is 0 Å². The van der Waals surface area contributed by atoms with Crippen LogP contribution in [-0.4, -0.2) is 6.18 Å². The molecular formula is C19H14F3S+. The first-order valence-corrected chi connectivity index (χ1v) is 8.35. The van der Waals surface area contributed by atoms with Gasteiger partial charge in [0, 0.05) is 6.07 Å². The molecular weight excluding hydrogens is 317 g/mol. The molecule has 0 saturated heterocycles. The highest BCUT2D eigenvalue weighted by molar-refractivity contribution is 7.99. The number of allylic oxidation sites excluding steroid dienone is 1. The van der Waals surface area contributed by atoms with Crippen molar-refractivity contribution >= 4 is 21.7 Å². The Morgan fingerprint density at radius 3 is 2.04 bits per heavy atom. The molecule has 0 spiro atoms. The van der Waals surface area contributed by atoms with Gasteiger partial charge in [-0.25, -0.2) is 0 Å². The molecule has 0 bridgehead atoms. The second-order valence-corrected chi connectivity index (χ2v) is 6.89. The number of alkyl halides is 3. The van der Waals surface area contributed by atoms with Gasteiger partial charge in [-0.2, -0.15) is 13.2 Å². The van der Waals surface area contributed by atoms with Crippen molar-refractivity contribution in [1.82, 2.24) is 0 Å². The summed E-state index contributed by atoms with van der Waals surface area (Å²) >= 11 is 0. The van der Waals surface area contributed by atoms with E-state index in [-0.39, 0.29) is 0 Å². The average Bonchev–Trinajstić information content (AvgIpc) is 2.55. The van der Waals surface area contributed by atoms with Gasteiger partial charge in [0.05, 0.1) is 17.0 Å². The summed E-state index contributed by atoms with van der Waals surface area (Å²) in [5.41, 5.74) is 0. The van der Waals surface area contributed by atoms with Crippen LogP contribution < -0.4 is 0 Å². The summed E-state index contributed by atoms with van der Waals surface area (Å²) in [5, 5.41) is 3.35. The van der Waals surface area contributed by atoms with E-state index >= 15 is 0 Å². The van der Waals surface area contributed by atoms with E-state index in [0.717, 1.165) is 20.6 Å². The van der Waals surface area contributed by atoms with E-state index in [9.17, 15) is 13.2 Å².